The van der Waals surface area contributed by atoms with E-state index in [1.54, 1.807) is 6.07 Å². The SMILES string of the molecule is O=C(O)c1ccc(C(=O)Nc2cccc(-c3cn4ccccc4n3)c2)cc1. The van der Waals surface area contributed by atoms with Gasteiger partial charge in [0.05, 0.1) is 11.3 Å². The van der Waals surface area contributed by atoms with Crippen molar-refractivity contribution in [1.82, 2.24) is 9.38 Å². The number of benzene rings is 2. The molecular formula is C21H15N3O3. The first-order valence-corrected chi connectivity index (χ1v) is 8.29. The number of carbonyl (C=O) groups is 2. The number of aromatic carboxylic acids is 1. The van der Waals surface area contributed by atoms with Gasteiger partial charge < -0.3 is 14.8 Å². The second-order valence-electron chi connectivity index (χ2n) is 6.01. The zero-order valence-electron chi connectivity index (χ0n) is 14.2. The molecule has 132 valence electrons. The number of nitrogens with one attached hydrogen (secondary N) is 1. The van der Waals surface area contributed by atoms with Crippen LogP contribution in [0.1, 0.15) is 20.7 Å². The molecule has 1 amide bonds. The van der Waals surface area contributed by atoms with Gasteiger partial charge in [-0.1, -0.05) is 18.2 Å². The lowest BCUT2D eigenvalue weighted by Gasteiger charge is -2.07. The molecule has 6 nitrogen and oxygen atoms in total. The van der Waals surface area contributed by atoms with Gasteiger partial charge in [0.15, 0.2) is 0 Å². The minimum absolute atomic E-state index is 0.139. The lowest BCUT2D eigenvalue weighted by Crippen LogP contribution is -2.12. The minimum atomic E-state index is -1.03. The maximum Gasteiger partial charge on any atom is 0.335 e. The summed E-state index contributed by atoms with van der Waals surface area (Å²) in [5.74, 6) is -1.33. The fourth-order valence-electron chi connectivity index (χ4n) is 2.80. The molecule has 0 aliphatic carbocycles. The van der Waals surface area contributed by atoms with Crippen molar-refractivity contribution in [3.05, 3.63) is 90.3 Å². The Morgan fingerprint density at radius 1 is 0.926 bits per heavy atom. The predicted molar refractivity (Wildman–Crippen MR) is 102 cm³/mol. The number of carbonyl (C=O) groups excluding carboxylic acids is 1. The van der Waals surface area contributed by atoms with Crippen LogP contribution in [0.4, 0.5) is 5.69 Å². The topological polar surface area (TPSA) is 83.7 Å². The van der Waals surface area contributed by atoms with Gasteiger partial charge in [0.1, 0.15) is 5.65 Å². The highest BCUT2D eigenvalue weighted by molar-refractivity contribution is 6.05. The molecule has 0 fully saturated rings. The third-order valence-electron chi connectivity index (χ3n) is 4.17. The summed E-state index contributed by atoms with van der Waals surface area (Å²) in [7, 11) is 0. The van der Waals surface area contributed by atoms with Crippen LogP contribution in [0.2, 0.25) is 0 Å². The highest BCUT2D eigenvalue weighted by atomic mass is 16.4. The fraction of sp³-hybridized carbons (Fsp3) is 0. The molecule has 27 heavy (non-hydrogen) atoms. The first kappa shape index (κ1) is 16.5. The molecule has 2 N–H and O–H groups in total. The summed E-state index contributed by atoms with van der Waals surface area (Å²) in [6, 6.07) is 19.0. The van der Waals surface area contributed by atoms with Crippen molar-refractivity contribution in [2.24, 2.45) is 0 Å². The Labute approximate surface area is 154 Å². The van der Waals surface area contributed by atoms with E-state index in [2.05, 4.69) is 10.3 Å². The average molecular weight is 357 g/mol. The van der Waals surface area contributed by atoms with Crippen LogP contribution in [0.3, 0.4) is 0 Å². The summed E-state index contributed by atoms with van der Waals surface area (Å²) >= 11 is 0. The number of fused-ring (bicyclic) bond motifs is 1. The van der Waals surface area contributed by atoms with E-state index in [0.717, 1.165) is 16.9 Å². The van der Waals surface area contributed by atoms with Gasteiger partial charge in [0.2, 0.25) is 0 Å². The number of anilines is 1. The van der Waals surface area contributed by atoms with Crippen molar-refractivity contribution in [2.45, 2.75) is 0 Å². The first-order chi connectivity index (χ1) is 13.1. The van der Waals surface area contributed by atoms with Crippen molar-refractivity contribution < 1.29 is 14.7 Å². The van der Waals surface area contributed by atoms with Crippen LogP contribution in [0.5, 0.6) is 0 Å². The van der Waals surface area contributed by atoms with Crippen LogP contribution in [0, 0.1) is 0 Å². The maximum absolute atomic E-state index is 12.4. The molecule has 0 radical (unpaired) electrons. The van der Waals surface area contributed by atoms with Gasteiger partial charge in [-0.05, 0) is 48.5 Å². The van der Waals surface area contributed by atoms with Gasteiger partial charge in [-0.15, -0.1) is 0 Å². The molecule has 0 aliphatic heterocycles. The van der Waals surface area contributed by atoms with E-state index in [-0.39, 0.29) is 11.5 Å². The molecule has 0 atom stereocenters. The quantitative estimate of drug-likeness (QED) is 0.579. The van der Waals surface area contributed by atoms with E-state index in [0.29, 0.717) is 11.3 Å². The Morgan fingerprint density at radius 3 is 2.44 bits per heavy atom. The van der Waals surface area contributed by atoms with E-state index < -0.39 is 5.97 Å². The van der Waals surface area contributed by atoms with Crippen molar-refractivity contribution in [3.63, 3.8) is 0 Å². The molecule has 2 aromatic heterocycles. The largest absolute Gasteiger partial charge is 0.478 e. The summed E-state index contributed by atoms with van der Waals surface area (Å²) < 4.78 is 1.94. The van der Waals surface area contributed by atoms with Crippen molar-refractivity contribution in [3.8, 4) is 11.3 Å². The Bertz CT molecular complexity index is 1110. The first-order valence-electron chi connectivity index (χ1n) is 8.29. The number of pyridine rings is 1. The normalized spacial score (nSPS) is 10.7. The zero-order chi connectivity index (χ0) is 18.8. The summed E-state index contributed by atoms with van der Waals surface area (Å²) in [5.41, 5.74) is 3.71. The highest BCUT2D eigenvalue weighted by Crippen LogP contribution is 2.23. The van der Waals surface area contributed by atoms with E-state index in [9.17, 15) is 9.59 Å². The van der Waals surface area contributed by atoms with Gasteiger partial charge in [0.25, 0.3) is 5.91 Å². The summed E-state index contributed by atoms with van der Waals surface area (Å²) in [6.45, 7) is 0. The number of amides is 1. The number of imidazole rings is 1. The molecule has 2 heterocycles. The fourth-order valence-corrected chi connectivity index (χ4v) is 2.80. The van der Waals surface area contributed by atoms with Gasteiger partial charge in [-0.25, -0.2) is 9.78 Å². The lowest BCUT2D eigenvalue weighted by atomic mass is 10.1. The molecule has 0 spiro atoms. The van der Waals surface area contributed by atoms with Gasteiger partial charge in [0, 0.05) is 29.2 Å². The number of hydrogen-bond donors (Lipinski definition) is 2. The second-order valence-corrected chi connectivity index (χ2v) is 6.01. The Morgan fingerprint density at radius 2 is 1.70 bits per heavy atom. The molecule has 0 aliphatic rings. The smallest absolute Gasteiger partial charge is 0.335 e. The van der Waals surface area contributed by atoms with Crippen LogP contribution in [0.25, 0.3) is 16.9 Å². The molecule has 4 aromatic rings. The van der Waals surface area contributed by atoms with Crippen molar-refractivity contribution in [1.29, 1.82) is 0 Å². The lowest BCUT2D eigenvalue weighted by molar-refractivity contribution is 0.0696. The summed E-state index contributed by atoms with van der Waals surface area (Å²) in [6.07, 6.45) is 3.86. The van der Waals surface area contributed by atoms with Crippen LogP contribution in [0.15, 0.2) is 79.1 Å². The predicted octanol–water partition coefficient (Wildman–Crippen LogP) is 3.95. The average Bonchev–Trinajstić information content (AvgIpc) is 3.12. The van der Waals surface area contributed by atoms with Crippen LogP contribution >= 0.6 is 0 Å². The molecule has 6 heteroatoms. The molecular weight excluding hydrogens is 342 g/mol. The van der Waals surface area contributed by atoms with Crippen molar-refractivity contribution in [2.75, 3.05) is 5.32 Å². The summed E-state index contributed by atoms with van der Waals surface area (Å²) in [4.78, 5) is 27.9. The number of carboxylic acid groups (broad SMARTS) is 1. The van der Waals surface area contributed by atoms with E-state index >= 15 is 0 Å². The van der Waals surface area contributed by atoms with Crippen LogP contribution < -0.4 is 5.32 Å². The Balaban J connectivity index is 1.57. The standard InChI is InChI=1S/C21H15N3O3/c25-20(14-7-9-15(10-8-14)21(26)27)22-17-5-3-4-16(12-17)18-13-24-11-2-1-6-19(24)23-18/h1-13H,(H,22,25)(H,26,27). The van der Waals surface area contributed by atoms with Crippen LogP contribution in [-0.4, -0.2) is 26.4 Å². The van der Waals surface area contributed by atoms with Gasteiger partial charge in [-0.3, -0.25) is 4.79 Å². The third-order valence-corrected chi connectivity index (χ3v) is 4.17. The number of aromatic nitrogens is 2. The molecule has 4 rings (SSSR count). The number of rotatable bonds is 4. The monoisotopic (exact) mass is 357 g/mol. The zero-order valence-corrected chi connectivity index (χ0v) is 14.2. The highest BCUT2D eigenvalue weighted by Gasteiger charge is 2.10. The maximum atomic E-state index is 12.4. The Hall–Kier alpha value is -3.93. The third kappa shape index (κ3) is 3.41. The molecule has 0 unspecified atom stereocenters. The second kappa shape index (κ2) is 6.76. The molecule has 0 saturated carbocycles. The summed E-state index contributed by atoms with van der Waals surface area (Å²) in [5, 5.41) is 11.8. The Kier molecular flexibility index (Phi) is 4.14. The van der Waals surface area contributed by atoms with Gasteiger partial charge >= 0.3 is 5.97 Å². The van der Waals surface area contributed by atoms with E-state index in [1.807, 2.05) is 53.2 Å². The number of nitrogens with zero attached hydrogens (tertiary/aromatic N) is 2. The van der Waals surface area contributed by atoms with E-state index in [4.69, 9.17) is 5.11 Å². The molecule has 0 saturated heterocycles. The number of hydrogen-bond acceptors (Lipinski definition) is 3. The molecule has 2 aromatic carbocycles. The van der Waals surface area contributed by atoms with Crippen LogP contribution in [-0.2, 0) is 0 Å². The number of carboxylic acids is 1. The minimum Gasteiger partial charge on any atom is -0.478 e. The van der Waals surface area contributed by atoms with Crippen molar-refractivity contribution >= 4 is 23.2 Å². The molecule has 0 bridgehead atoms. The van der Waals surface area contributed by atoms with Gasteiger partial charge in [-0.2, -0.15) is 0 Å². The van der Waals surface area contributed by atoms with E-state index in [1.165, 1.54) is 24.3 Å².